The molecule has 0 spiro atoms. The van der Waals surface area contributed by atoms with Crippen molar-refractivity contribution in [3.8, 4) is 0 Å². The van der Waals surface area contributed by atoms with Crippen molar-refractivity contribution in [1.29, 1.82) is 0 Å². The molecule has 0 aliphatic carbocycles. The van der Waals surface area contributed by atoms with Crippen LogP contribution in [0.2, 0.25) is 0 Å². The molecule has 88 valence electrons. The summed E-state index contributed by atoms with van der Waals surface area (Å²) < 4.78 is 32.8. The van der Waals surface area contributed by atoms with E-state index in [2.05, 4.69) is 15.9 Å². The van der Waals surface area contributed by atoms with Crippen molar-refractivity contribution in [2.45, 2.75) is 25.0 Å². The van der Waals surface area contributed by atoms with Gasteiger partial charge in [-0.2, -0.15) is 0 Å². The van der Waals surface area contributed by atoms with Gasteiger partial charge in [-0.15, -0.1) is 0 Å². The Morgan fingerprint density at radius 2 is 1.94 bits per heavy atom. The molecule has 1 fully saturated rings. The van der Waals surface area contributed by atoms with E-state index in [9.17, 15) is 13.9 Å². The van der Waals surface area contributed by atoms with E-state index >= 15 is 0 Å². The van der Waals surface area contributed by atoms with Crippen LogP contribution >= 0.6 is 15.9 Å². The maximum absolute atomic E-state index is 13.6. The summed E-state index contributed by atoms with van der Waals surface area (Å²) in [6.45, 7) is 0.320. The van der Waals surface area contributed by atoms with Crippen LogP contribution in [0.4, 0.5) is 8.78 Å². The first-order chi connectivity index (χ1) is 7.58. The fourth-order valence-corrected chi connectivity index (χ4v) is 2.24. The predicted octanol–water partition coefficient (Wildman–Crippen LogP) is 2.94. The number of rotatable bonds is 1. The van der Waals surface area contributed by atoms with Crippen LogP contribution in [0.15, 0.2) is 16.6 Å². The third kappa shape index (κ3) is 2.42. The Balaban J connectivity index is 2.32. The lowest BCUT2D eigenvalue weighted by molar-refractivity contribution is -0.0476. The molecule has 0 saturated carbocycles. The average molecular weight is 293 g/mol. The maximum Gasteiger partial charge on any atom is 0.133 e. The first kappa shape index (κ1) is 12.0. The van der Waals surface area contributed by atoms with Gasteiger partial charge in [-0.3, -0.25) is 0 Å². The van der Waals surface area contributed by atoms with E-state index in [4.69, 9.17) is 4.74 Å². The molecule has 2 atom stereocenters. The number of aliphatic hydroxyl groups excluding tert-OH is 1. The molecule has 2 rings (SSSR count). The molecule has 1 N–H and O–H groups in total. The SMILES string of the molecule is OC1CCOC(c2c(F)cc(Br)cc2F)C1. The second-order valence-corrected chi connectivity index (χ2v) is 4.74. The van der Waals surface area contributed by atoms with Crippen LogP contribution in [0.5, 0.6) is 0 Å². The molecular formula is C11H11BrF2O2. The minimum absolute atomic E-state index is 0.0954. The van der Waals surface area contributed by atoms with E-state index in [0.29, 0.717) is 17.5 Å². The molecular weight excluding hydrogens is 282 g/mol. The van der Waals surface area contributed by atoms with Gasteiger partial charge in [0.15, 0.2) is 0 Å². The van der Waals surface area contributed by atoms with Gasteiger partial charge in [-0.25, -0.2) is 8.78 Å². The van der Waals surface area contributed by atoms with E-state index in [1.165, 1.54) is 12.1 Å². The van der Waals surface area contributed by atoms with Crippen molar-refractivity contribution in [2.24, 2.45) is 0 Å². The minimum atomic E-state index is -0.697. The Labute approximate surface area is 100 Å². The molecule has 1 aromatic carbocycles. The fraction of sp³-hybridized carbons (Fsp3) is 0.455. The number of hydrogen-bond acceptors (Lipinski definition) is 2. The third-order valence-corrected chi connectivity index (χ3v) is 3.08. The highest BCUT2D eigenvalue weighted by Crippen LogP contribution is 2.33. The molecule has 1 aliphatic rings. The standard InChI is InChI=1S/C11H11BrF2O2/c12-6-3-8(13)11(9(14)4-6)10-5-7(15)1-2-16-10/h3-4,7,10,15H,1-2,5H2. The van der Waals surface area contributed by atoms with Crippen molar-refractivity contribution in [1.82, 2.24) is 0 Å². The summed E-state index contributed by atoms with van der Waals surface area (Å²) in [7, 11) is 0. The van der Waals surface area contributed by atoms with Crippen LogP contribution in [0.3, 0.4) is 0 Å². The summed E-state index contributed by atoms with van der Waals surface area (Å²) >= 11 is 3.01. The molecule has 1 aliphatic heterocycles. The molecule has 0 aromatic heterocycles. The van der Waals surface area contributed by atoms with Gasteiger partial charge in [0.1, 0.15) is 11.6 Å². The van der Waals surface area contributed by atoms with Gasteiger partial charge in [-0.05, 0) is 18.6 Å². The van der Waals surface area contributed by atoms with E-state index in [1.54, 1.807) is 0 Å². The van der Waals surface area contributed by atoms with E-state index in [-0.39, 0.29) is 12.0 Å². The monoisotopic (exact) mass is 292 g/mol. The normalized spacial score (nSPS) is 25.8. The van der Waals surface area contributed by atoms with Gasteiger partial charge in [0.05, 0.1) is 17.8 Å². The molecule has 0 bridgehead atoms. The largest absolute Gasteiger partial charge is 0.393 e. The highest BCUT2D eigenvalue weighted by molar-refractivity contribution is 9.10. The molecule has 2 nitrogen and oxygen atoms in total. The summed E-state index contributed by atoms with van der Waals surface area (Å²) in [6.07, 6.45) is -0.510. The Bertz CT molecular complexity index is 375. The number of benzene rings is 1. The summed E-state index contributed by atoms with van der Waals surface area (Å²) in [5, 5.41) is 9.44. The molecule has 0 amide bonds. The molecule has 5 heteroatoms. The van der Waals surface area contributed by atoms with Crippen LogP contribution in [-0.2, 0) is 4.74 Å². The highest BCUT2D eigenvalue weighted by Gasteiger charge is 2.27. The lowest BCUT2D eigenvalue weighted by Gasteiger charge is -2.27. The number of ether oxygens (including phenoxy) is 1. The fourth-order valence-electron chi connectivity index (χ4n) is 1.84. The van der Waals surface area contributed by atoms with Gasteiger partial charge in [-0.1, -0.05) is 15.9 Å². The van der Waals surface area contributed by atoms with E-state index in [1.807, 2.05) is 0 Å². The van der Waals surface area contributed by atoms with E-state index in [0.717, 1.165) is 0 Å². The summed E-state index contributed by atoms with van der Waals surface area (Å²) in [5.41, 5.74) is -0.0954. The van der Waals surface area contributed by atoms with Crippen LogP contribution in [0.25, 0.3) is 0 Å². The van der Waals surface area contributed by atoms with E-state index < -0.39 is 23.8 Å². The van der Waals surface area contributed by atoms with Gasteiger partial charge in [0.2, 0.25) is 0 Å². The molecule has 0 radical (unpaired) electrons. The molecule has 16 heavy (non-hydrogen) atoms. The zero-order valence-corrected chi connectivity index (χ0v) is 10.0. The number of halogens is 3. The molecule has 1 saturated heterocycles. The Hall–Kier alpha value is -0.520. The summed E-state index contributed by atoms with van der Waals surface area (Å²) in [5.74, 6) is -1.29. The van der Waals surface area contributed by atoms with Crippen molar-refractivity contribution in [3.63, 3.8) is 0 Å². The van der Waals surface area contributed by atoms with Gasteiger partial charge in [0.25, 0.3) is 0 Å². The smallest absolute Gasteiger partial charge is 0.133 e. The van der Waals surface area contributed by atoms with Crippen molar-refractivity contribution < 1.29 is 18.6 Å². The molecule has 1 aromatic rings. The first-order valence-electron chi connectivity index (χ1n) is 5.02. The highest BCUT2D eigenvalue weighted by atomic mass is 79.9. The lowest BCUT2D eigenvalue weighted by Crippen LogP contribution is -2.24. The van der Waals surface area contributed by atoms with Crippen molar-refractivity contribution in [2.75, 3.05) is 6.61 Å². The van der Waals surface area contributed by atoms with Crippen LogP contribution in [-0.4, -0.2) is 17.8 Å². The summed E-state index contributed by atoms with van der Waals surface area (Å²) in [6, 6.07) is 2.39. The minimum Gasteiger partial charge on any atom is -0.393 e. The van der Waals surface area contributed by atoms with Gasteiger partial charge >= 0.3 is 0 Å². The van der Waals surface area contributed by atoms with Crippen molar-refractivity contribution in [3.05, 3.63) is 33.8 Å². The first-order valence-corrected chi connectivity index (χ1v) is 5.81. The maximum atomic E-state index is 13.6. The number of hydrogen-bond donors (Lipinski definition) is 1. The van der Waals surface area contributed by atoms with Crippen molar-refractivity contribution >= 4 is 15.9 Å². The Morgan fingerprint density at radius 1 is 1.31 bits per heavy atom. The average Bonchev–Trinajstić information content (AvgIpc) is 2.15. The van der Waals surface area contributed by atoms with Gasteiger partial charge in [0, 0.05) is 17.5 Å². The second kappa shape index (κ2) is 4.77. The zero-order chi connectivity index (χ0) is 11.7. The summed E-state index contributed by atoms with van der Waals surface area (Å²) in [4.78, 5) is 0. The quantitative estimate of drug-likeness (QED) is 0.862. The van der Waals surface area contributed by atoms with Crippen LogP contribution < -0.4 is 0 Å². The topological polar surface area (TPSA) is 29.5 Å². The lowest BCUT2D eigenvalue weighted by atomic mass is 9.98. The Morgan fingerprint density at radius 3 is 2.50 bits per heavy atom. The molecule has 2 unspecified atom stereocenters. The predicted molar refractivity (Wildman–Crippen MR) is 58.0 cm³/mol. The zero-order valence-electron chi connectivity index (χ0n) is 8.42. The van der Waals surface area contributed by atoms with Gasteiger partial charge < -0.3 is 9.84 Å². The van der Waals surface area contributed by atoms with Crippen LogP contribution in [0.1, 0.15) is 24.5 Å². The number of aliphatic hydroxyl groups is 1. The third-order valence-electron chi connectivity index (χ3n) is 2.62. The Kier molecular flexibility index (Phi) is 3.56. The molecule has 1 heterocycles. The van der Waals surface area contributed by atoms with Crippen LogP contribution in [0, 0.1) is 11.6 Å². The second-order valence-electron chi connectivity index (χ2n) is 3.82.